The lowest BCUT2D eigenvalue weighted by molar-refractivity contribution is 0.0732. The second-order valence-corrected chi connectivity index (χ2v) is 7.51. The zero-order chi connectivity index (χ0) is 19.9. The fraction of sp³-hybridized carbons (Fsp3) is 0.478. The van der Waals surface area contributed by atoms with Crippen molar-refractivity contribution in [3.63, 3.8) is 0 Å². The average Bonchev–Trinajstić information content (AvgIpc) is 2.68. The molecule has 0 aliphatic carbocycles. The molecule has 0 saturated carbocycles. The number of benzene rings is 2. The molecule has 2 aromatic rings. The Hall–Kier alpha value is -1.82. The molecular formula is C23H29F2NO2. The zero-order valence-corrected chi connectivity index (χ0v) is 16.6. The van der Waals surface area contributed by atoms with E-state index >= 15 is 0 Å². The third kappa shape index (κ3) is 5.37. The van der Waals surface area contributed by atoms with Crippen LogP contribution in [0.4, 0.5) is 8.78 Å². The summed E-state index contributed by atoms with van der Waals surface area (Å²) in [5, 5.41) is 3.64. The van der Waals surface area contributed by atoms with Gasteiger partial charge in [-0.1, -0.05) is 24.3 Å². The summed E-state index contributed by atoms with van der Waals surface area (Å²) in [6.45, 7) is 6.85. The summed E-state index contributed by atoms with van der Waals surface area (Å²) < 4.78 is 39.0. The fourth-order valence-corrected chi connectivity index (χ4v) is 3.90. The van der Waals surface area contributed by atoms with Crippen LogP contribution >= 0.6 is 0 Å². The Labute approximate surface area is 166 Å². The van der Waals surface area contributed by atoms with Crippen LogP contribution in [0.3, 0.4) is 0 Å². The monoisotopic (exact) mass is 389 g/mol. The maximum Gasteiger partial charge on any atom is 0.131 e. The largest absolute Gasteiger partial charge is 0.381 e. The molecule has 152 valence electrons. The van der Waals surface area contributed by atoms with E-state index in [1.54, 1.807) is 0 Å². The lowest BCUT2D eigenvalue weighted by atomic mass is 9.90. The SMILES string of the molecule is Cc1cccc(C)c1C(CNC1CCOCC1)COCc1c(F)cccc1F. The maximum absolute atomic E-state index is 13.9. The normalized spacial score (nSPS) is 16.3. The van der Waals surface area contributed by atoms with Crippen molar-refractivity contribution >= 4 is 0 Å². The van der Waals surface area contributed by atoms with Gasteiger partial charge in [-0.05, 0) is 55.5 Å². The minimum absolute atomic E-state index is 0.0138. The van der Waals surface area contributed by atoms with E-state index < -0.39 is 11.6 Å². The quantitative estimate of drug-likeness (QED) is 0.713. The molecule has 0 amide bonds. The third-order valence-corrected chi connectivity index (χ3v) is 5.45. The molecular weight excluding hydrogens is 360 g/mol. The van der Waals surface area contributed by atoms with Crippen molar-refractivity contribution in [1.29, 1.82) is 0 Å². The van der Waals surface area contributed by atoms with E-state index in [9.17, 15) is 8.78 Å². The lowest BCUT2D eigenvalue weighted by Gasteiger charge is -2.27. The number of rotatable bonds is 8. The molecule has 1 atom stereocenters. The Morgan fingerprint density at radius 3 is 2.29 bits per heavy atom. The molecule has 0 radical (unpaired) electrons. The van der Waals surface area contributed by atoms with Crippen LogP contribution in [-0.2, 0) is 16.1 Å². The van der Waals surface area contributed by atoms with Gasteiger partial charge in [-0.15, -0.1) is 0 Å². The first-order chi connectivity index (χ1) is 13.6. The smallest absolute Gasteiger partial charge is 0.131 e. The summed E-state index contributed by atoms with van der Waals surface area (Å²) in [4.78, 5) is 0. The lowest BCUT2D eigenvalue weighted by Crippen LogP contribution is -2.38. The van der Waals surface area contributed by atoms with Gasteiger partial charge in [0.25, 0.3) is 0 Å². The second-order valence-electron chi connectivity index (χ2n) is 7.51. The third-order valence-electron chi connectivity index (χ3n) is 5.45. The van der Waals surface area contributed by atoms with Crippen molar-refractivity contribution in [3.05, 3.63) is 70.3 Å². The molecule has 1 heterocycles. The minimum atomic E-state index is -0.566. The van der Waals surface area contributed by atoms with Crippen molar-refractivity contribution in [2.75, 3.05) is 26.4 Å². The van der Waals surface area contributed by atoms with Gasteiger partial charge in [-0.25, -0.2) is 8.78 Å². The van der Waals surface area contributed by atoms with Crippen LogP contribution in [-0.4, -0.2) is 32.4 Å². The fourth-order valence-electron chi connectivity index (χ4n) is 3.90. The van der Waals surface area contributed by atoms with E-state index in [4.69, 9.17) is 9.47 Å². The maximum atomic E-state index is 13.9. The van der Waals surface area contributed by atoms with Crippen LogP contribution in [0.25, 0.3) is 0 Å². The summed E-state index contributed by atoms with van der Waals surface area (Å²) in [6.07, 6.45) is 2.00. The second kappa shape index (κ2) is 10.1. The van der Waals surface area contributed by atoms with Gasteiger partial charge in [0.2, 0.25) is 0 Å². The molecule has 3 rings (SSSR count). The highest BCUT2D eigenvalue weighted by atomic mass is 19.1. The summed E-state index contributed by atoms with van der Waals surface area (Å²) in [5.41, 5.74) is 3.65. The first-order valence-electron chi connectivity index (χ1n) is 9.94. The van der Waals surface area contributed by atoms with Crippen LogP contribution in [0.15, 0.2) is 36.4 Å². The van der Waals surface area contributed by atoms with Crippen LogP contribution in [0.2, 0.25) is 0 Å². The van der Waals surface area contributed by atoms with Crippen LogP contribution in [0.5, 0.6) is 0 Å². The van der Waals surface area contributed by atoms with Gasteiger partial charge in [0.05, 0.1) is 13.2 Å². The Kier molecular flexibility index (Phi) is 7.54. The molecule has 1 saturated heterocycles. The van der Waals surface area contributed by atoms with Crippen LogP contribution in [0.1, 0.15) is 41.0 Å². The van der Waals surface area contributed by atoms with Gasteiger partial charge < -0.3 is 14.8 Å². The highest BCUT2D eigenvalue weighted by Gasteiger charge is 2.20. The van der Waals surface area contributed by atoms with E-state index in [1.807, 2.05) is 6.07 Å². The molecule has 3 nitrogen and oxygen atoms in total. The van der Waals surface area contributed by atoms with Crippen LogP contribution < -0.4 is 5.32 Å². The minimum Gasteiger partial charge on any atom is -0.381 e. The summed E-state index contributed by atoms with van der Waals surface area (Å²) >= 11 is 0. The van der Waals surface area contributed by atoms with Gasteiger partial charge in [-0.2, -0.15) is 0 Å². The molecule has 1 fully saturated rings. The van der Waals surface area contributed by atoms with Gasteiger partial charge in [0.15, 0.2) is 0 Å². The molecule has 5 heteroatoms. The number of halogens is 2. The topological polar surface area (TPSA) is 30.5 Å². The molecule has 1 aliphatic rings. The Bertz CT molecular complexity index is 735. The number of hydrogen-bond donors (Lipinski definition) is 1. The highest BCUT2D eigenvalue weighted by molar-refractivity contribution is 5.37. The average molecular weight is 389 g/mol. The summed E-state index contributed by atoms with van der Waals surface area (Å²) in [6, 6.07) is 10.6. The zero-order valence-electron chi connectivity index (χ0n) is 16.6. The van der Waals surface area contributed by atoms with Gasteiger partial charge in [0, 0.05) is 37.3 Å². The first-order valence-corrected chi connectivity index (χ1v) is 9.94. The van der Waals surface area contributed by atoms with Gasteiger partial charge in [0.1, 0.15) is 11.6 Å². The van der Waals surface area contributed by atoms with E-state index in [0.29, 0.717) is 12.6 Å². The number of ether oxygens (including phenoxy) is 2. The molecule has 0 bridgehead atoms. The van der Waals surface area contributed by atoms with Crippen molar-refractivity contribution in [2.45, 2.75) is 45.3 Å². The summed E-state index contributed by atoms with van der Waals surface area (Å²) in [7, 11) is 0. The predicted molar refractivity (Wildman–Crippen MR) is 107 cm³/mol. The standard InChI is InChI=1S/C23H29F2NO2/c1-16-5-3-6-17(2)23(16)18(13-26-19-9-11-27-12-10-19)14-28-15-20-21(24)7-4-8-22(20)25/h3-8,18-19,26H,9-15H2,1-2H3. The van der Waals surface area contributed by atoms with Crippen molar-refractivity contribution in [1.82, 2.24) is 5.32 Å². The molecule has 1 aliphatic heterocycles. The van der Waals surface area contributed by atoms with Gasteiger partial charge >= 0.3 is 0 Å². The molecule has 0 aromatic heterocycles. The Morgan fingerprint density at radius 2 is 1.64 bits per heavy atom. The van der Waals surface area contributed by atoms with Crippen molar-refractivity contribution in [3.8, 4) is 0 Å². The molecule has 28 heavy (non-hydrogen) atoms. The van der Waals surface area contributed by atoms with Gasteiger partial charge in [-0.3, -0.25) is 0 Å². The van der Waals surface area contributed by atoms with Crippen molar-refractivity contribution < 1.29 is 18.3 Å². The van der Waals surface area contributed by atoms with E-state index in [0.717, 1.165) is 32.6 Å². The molecule has 1 N–H and O–H groups in total. The molecule has 0 spiro atoms. The van der Waals surface area contributed by atoms with E-state index in [2.05, 4.69) is 31.3 Å². The highest BCUT2D eigenvalue weighted by Crippen LogP contribution is 2.25. The Morgan fingerprint density at radius 1 is 1.04 bits per heavy atom. The Balaban J connectivity index is 1.68. The van der Waals surface area contributed by atoms with E-state index in [1.165, 1.54) is 34.9 Å². The number of hydrogen-bond acceptors (Lipinski definition) is 3. The van der Waals surface area contributed by atoms with Crippen molar-refractivity contribution in [2.24, 2.45) is 0 Å². The molecule has 2 aromatic carbocycles. The molecule has 1 unspecified atom stereocenters. The number of nitrogens with one attached hydrogen (secondary N) is 1. The number of aryl methyl sites for hydroxylation is 2. The predicted octanol–water partition coefficient (Wildman–Crippen LogP) is 4.65. The van der Waals surface area contributed by atoms with Crippen LogP contribution in [0, 0.1) is 25.5 Å². The van der Waals surface area contributed by atoms with E-state index in [-0.39, 0.29) is 18.1 Å². The first kappa shape index (κ1) is 20.9. The summed E-state index contributed by atoms with van der Waals surface area (Å²) in [5.74, 6) is -1.02.